The quantitative estimate of drug-likeness (QED) is 0.861. The van der Waals surface area contributed by atoms with E-state index in [1.54, 1.807) is 0 Å². The van der Waals surface area contributed by atoms with Gasteiger partial charge in [0.25, 0.3) is 0 Å². The summed E-state index contributed by atoms with van der Waals surface area (Å²) in [6.45, 7) is 0. The number of hydrogen-bond donors (Lipinski definition) is 1. The van der Waals surface area contributed by atoms with Gasteiger partial charge in [-0.2, -0.15) is 0 Å². The number of benzene rings is 2. The van der Waals surface area contributed by atoms with Crippen LogP contribution in [0.4, 0.5) is 0 Å². The van der Waals surface area contributed by atoms with Gasteiger partial charge in [-0.15, -0.1) is 0 Å². The molecule has 4 atom stereocenters. The zero-order valence-electron chi connectivity index (χ0n) is 11.3. The molecule has 2 aromatic carbocycles. The topological polar surface area (TPSA) is 32.8 Å². The molecule has 0 aromatic heterocycles. The van der Waals surface area contributed by atoms with Crippen molar-refractivity contribution in [1.82, 2.24) is 0 Å². The van der Waals surface area contributed by atoms with E-state index < -0.39 is 0 Å². The van der Waals surface area contributed by atoms with Crippen molar-refractivity contribution < 1.29 is 9.84 Å². The van der Waals surface area contributed by atoms with Crippen LogP contribution in [0.25, 0.3) is 11.1 Å². The molecule has 1 aliphatic heterocycles. The Morgan fingerprint density at radius 2 is 1.45 bits per heavy atom. The van der Waals surface area contributed by atoms with E-state index in [0.29, 0.717) is 18.1 Å². The number of aliphatic hydroxyl groups excluding tert-OH is 1. The van der Waals surface area contributed by atoms with E-state index in [9.17, 15) is 5.11 Å². The summed E-state index contributed by atoms with van der Waals surface area (Å²) in [7, 11) is 0. The highest BCUT2D eigenvalue weighted by Gasteiger charge is 2.49. The fourth-order valence-corrected chi connectivity index (χ4v) is 3.32. The minimum Gasteiger partial charge on any atom is -0.388 e. The molecule has 4 rings (SSSR count). The molecule has 20 heavy (non-hydrogen) atoms. The van der Waals surface area contributed by atoms with Gasteiger partial charge in [-0.05, 0) is 35.4 Å². The fourth-order valence-electron chi connectivity index (χ4n) is 3.32. The summed E-state index contributed by atoms with van der Waals surface area (Å²) in [4.78, 5) is 0. The van der Waals surface area contributed by atoms with Crippen molar-refractivity contribution in [3.05, 3.63) is 60.2 Å². The zero-order chi connectivity index (χ0) is 13.5. The highest BCUT2D eigenvalue weighted by molar-refractivity contribution is 5.63. The monoisotopic (exact) mass is 266 g/mol. The predicted molar refractivity (Wildman–Crippen MR) is 78.2 cm³/mol. The third kappa shape index (κ3) is 2.15. The number of fused-ring (bicyclic) bond motifs is 1. The first-order chi connectivity index (χ1) is 9.81. The van der Waals surface area contributed by atoms with Crippen LogP contribution in [0.1, 0.15) is 24.5 Å². The van der Waals surface area contributed by atoms with Gasteiger partial charge in [0.05, 0.1) is 18.3 Å². The normalized spacial score (nSPS) is 28.9. The standard InChI is InChI=1S/C18H18O2/c19-18(15-10-16-17(11-15)20-16)14-8-6-13(7-9-14)12-4-2-1-3-5-12/h1-9,15-19H,10-11H2/t15-,16-,17+,18-/m1/s1. The number of ether oxygens (including phenoxy) is 1. The Hall–Kier alpha value is -1.64. The van der Waals surface area contributed by atoms with Gasteiger partial charge in [-0.3, -0.25) is 0 Å². The highest BCUT2D eigenvalue weighted by atomic mass is 16.6. The Kier molecular flexibility index (Phi) is 2.86. The highest BCUT2D eigenvalue weighted by Crippen LogP contribution is 2.47. The summed E-state index contributed by atoms with van der Waals surface area (Å²) in [5.74, 6) is 0.362. The Bertz CT molecular complexity index is 581. The van der Waals surface area contributed by atoms with Crippen LogP contribution in [-0.2, 0) is 4.74 Å². The van der Waals surface area contributed by atoms with Gasteiger partial charge in [0.15, 0.2) is 0 Å². The van der Waals surface area contributed by atoms with Gasteiger partial charge in [0.1, 0.15) is 0 Å². The van der Waals surface area contributed by atoms with E-state index >= 15 is 0 Å². The molecule has 1 heterocycles. The lowest BCUT2D eigenvalue weighted by Gasteiger charge is -2.19. The summed E-state index contributed by atoms with van der Waals surface area (Å²) < 4.78 is 5.43. The summed E-state index contributed by atoms with van der Waals surface area (Å²) in [6.07, 6.45) is 2.52. The van der Waals surface area contributed by atoms with Crippen molar-refractivity contribution >= 4 is 0 Å². The van der Waals surface area contributed by atoms with Gasteiger partial charge in [0.2, 0.25) is 0 Å². The third-order valence-corrected chi connectivity index (χ3v) is 4.56. The fraction of sp³-hybridized carbons (Fsp3) is 0.333. The van der Waals surface area contributed by atoms with Crippen molar-refractivity contribution in [3.63, 3.8) is 0 Å². The maximum atomic E-state index is 10.5. The molecule has 2 nitrogen and oxygen atoms in total. The van der Waals surface area contributed by atoms with Crippen molar-refractivity contribution in [2.45, 2.75) is 31.2 Å². The molecule has 0 unspecified atom stereocenters. The second-order valence-electron chi connectivity index (χ2n) is 5.88. The Morgan fingerprint density at radius 3 is 2.10 bits per heavy atom. The lowest BCUT2D eigenvalue weighted by Crippen LogP contribution is -2.11. The molecule has 1 saturated carbocycles. The summed E-state index contributed by atoms with van der Waals surface area (Å²) in [6, 6.07) is 18.6. The largest absolute Gasteiger partial charge is 0.388 e. The van der Waals surface area contributed by atoms with E-state index in [1.165, 1.54) is 11.1 Å². The second-order valence-corrected chi connectivity index (χ2v) is 5.88. The van der Waals surface area contributed by atoms with E-state index in [1.807, 2.05) is 18.2 Å². The van der Waals surface area contributed by atoms with Crippen LogP contribution in [0.15, 0.2) is 54.6 Å². The van der Waals surface area contributed by atoms with Gasteiger partial charge in [-0.1, -0.05) is 54.6 Å². The molecule has 2 aliphatic rings. The number of rotatable bonds is 3. The van der Waals surface area contributed by atoms with Crippen molar-refractivity contribution in [2.24, 2.45) is 5.92 Å². The molecule has 0 radical (unpaired) electrons. The summed E-state index contributed by atoms with van der Waals surface area (Å²) >= 11 is 0. The average molecular weight is 266 g/mol. The van der Waals surface area contributed by atoms with E-state index in [2.05, 4.69) is 36.4 Å². The van der Waals surface area contributed by atoms with Crippen molar-refractivity contribution in [3.8, 4) is 11.1 Å². The molecular formula is C18H18O2. The minimum atomic E-state index is -0.351. The van der Waals surface area contributed by atoms with Crippen molar-refractivity contribution in [2.75, 3.05) is 0 Å². The first kappa shape index (κ1) is 12.1. The van der Waals surface area contributed by atoms with Crippen LogP contribution in [0.3, 0.4) is 0 Å². The lowest BCUT2D eigenvalue weighted by atomic mass is 9.92. The first-order valence-corrected chi connectivity index (χ1v) is 7.30. The number of epoxide rings is 1. The molecule has 2 fully saturated rings. The van der Waals surface area contributed by atoms with Gasteiger partial charge in [0, 0.05) is 0 Å². The molecule has 0 spiro atoms. The van der Waals surface area contributed by atoms with Crippen LogP contribution in [0.2, 0.25) is 0 Å². The molecule has 102 valence electrons. The maximum Gasteiger partial charge on any atom is 0.0845 e. The minimum absolute atomic E-state index is 0.351. The Balaban J connectivity index is 1.52. The lowest BCUT2D eigenvalue weighted by molar-refractivity contribution is 0.0866. The molecular weight excluding hydrogens is 248 g/mol. The average Bonchev–Trinajstić information content (AvgIpc) is 3.13. The molecule has 2 heteroatoms. The molecule has 1 N–H and O–H groups in total. The van der Waals surface area contributed by atoms with Crippen LogP contribution in [0.5, 0.6) is 0 Å². The van der Waals surface area contributed by atoms with Crippen LogP contribution in [-0.4, -0.2) is 17.3 Å². The smallest absolute Gasteiger partial charge is 0.0845 e. The number of hydrogen-bond acceptors (Lipinski definition) is 2. The predicted octanol–water partition coefficient (Wildman–Crippen LogP) is 3.56. The van der Waals surface area contributed by atoms with Crippen LogP contribution < -0.4 is 0 Å². The van der Waals surface area contributed by atoms with Gasteiger partial charge >= 0.3 is 0 Å². The molecule has 2 aromatic rings. The molecule has 1 saturated heterocycles. The van der Waals surface area contributed by atoms with Crippen LogP contribution in [0, 0.1) is 5.92 Å². The Labute approximate surface area is 119 Å². The van der Waals surface area contributed by atoms with Gasteiger partial charge < -0.3 is 9.84 Å². The SMILES string of the molecule is O[C@H](c1ccc(-c2ccccc2)cc1)[C@H]1C[C@@H]2O[C@@H]2C1. The molecule has 1 aliphatic carbocycles. The van der Waals surface area contributed by atoms with Gasteiger partial charge in [-0.25, -0.2) is 0 Å². The first-order valence-electron chi connectivity index (χ1n) is 7.30. The second kappa shape index (κ2) is 4.72. The molecule has 0 bridgehead atoms. The van der Waals surface area contributed by atoms with E-state index in [-0.39, 0.29) is 6.10 Å². The maximum absolute atomic E-state index is 10.5. The van der Waals surface area contributed by atoms with Crippen LogP contribution >= 0.6 is 0 Å². The third-order valence-electron chi connectivity index (χ3n) is 4.56. The number of aliphatic hydroxyl groups is 1. The zero-order valence-corrected chi connectivity index (χ0v) is 11.3. The summed E-state index contributed by atoms with van der Waals surface area (Å²) in [5.41, 5.74) is 3.43. The van der Waals surface area contributed by atoms with E-state index in [0.717, 1.165) is 18.4 Å². The van der Waals surface area contributed by atoms with Crippen molar-refractivity contribution in [1.29, 1.82) is 0 Å². The van der Waals surface area contributed by atoms with E-state index in [4.69, 9.17) is 4.74 Å². The molecule has 0 amide bonds. The summed E-state index contributed by atoms with van der Waals surface area (Å²) in [5, 5.41) is 10.5. The Morgan fingerprint density at radius 1 is 0.850 bits per heavy atom.